The summed E-state index contributed by atoms with van der Waals surface area (Å²) >= 11 is 3.67. The molecular formula is C17H14BrNO2. The number of pyridine rings is 1. The summed E-state index contributed by atoms with van der Waals surface area (Å²) in [5.74, 6) is 1.66. The van der Waals surface area contributed by atoms with Crippen LogP contribution in [0.4, 0.5) is 0 Å². The van der Waals surface area contributed by atoms with E-state index in [1.807, 2.05) is 48.7 Å². The summed E-state index contributed by atoms with van der Waals surface area (Å²) in [4.78, 5) is 4.56. The van der Waals surface area contributed by atoms with Gasteiger partial charge in [0.15, 0.2) is 0 Å². The van der Waals surface area contributed by atoms with Gasteiger partial charge in [0.2, 0.25) is 0 Å². The molecule has 0 fully saturated rings. The van der Waals surface area contributed by atoms with E-state index in [-0.39, 0.29) is 0 Å². The highest BCUT2D eigenvalue weighted by molar-refractivity contribution is 9.10. The summed E-state index contributed by atoms with van der Waals surface area (Å²) in [5, 5.41) is 2.15. The van der Waals surface area contributed by atoms with Crippen LogP contribution in [0.15, 0.2) is 53.1 Å². The molecule has 0 amide bonds. The molecule has 0 aliphatic rings. The van der Waals surface area contributed by atoms with Gasteiger partial charge in [-0.2, -0.15) is 0 Å². The highest BCUT2D eigenvalue weighted by Gasteiger charge is 2.09. The Labute approximate surface area is 131 Å². The number of methoxy groups -OCH3 is 2. The molecule has 0 saturated heterocycles. The van der Waals surface area contributed by atoms with Crippen LogP contribution in [-0.2, 0) is 0 Å². The molecule has 0 spiro atoms. The molecule has 0 atom stereocenters. The zero-order chi connectivity index (χ0) is 14.8. The monoisotopic (exact) mass is 343 g/mol. The minimum atomic E-state index is 0.827. The van der Waals surface area contributed by atoms with Crippen LogP contribution in [-0.4, -0.2) is 19.2 Å². The molecule has 4 heteroatoms. The minimum absolute atomic E-state index is 0.827. The molecule has 0 radical (unpaired) electrons. The summed E-state index contributed by atoms with van der Waals surface area (Å²) < 4.78 is 11.4. The maximum Gasteiger partial charge on any atom is 0.119 e. The number of hydrogen-bond donors (Lipinski definition) is 0. The van der Waals surface area contributed by atoms with E-state index in [2.05, 4.69) is 20.9 Å². The molecule has 0 unspecified atom stereocenters. The van der Waals surface area contributed by atoms with Crippen molar-refractivity contribution in [3.05, 3.63) is 53.1 Å². The third-order valence-corrected chi connectivity index (χ3v) is 4.20. The van der Waals surface area contributed by atoms with Gasteiger partial charge in [0.25, 0.3) is 0 Å². The number of nitrogens with zero attached hydrogens (tertiary/aromatic N) is 1. The Kier molecular flexibility index (Phi) is 3.80. The molecule has 3 nitrogen and oxygen atoms in total. The fourth-order valence-electron chi connectivity index (χ4n) is 2.24. The zero-order valence-electron chi connectivity index (χ0n) is 11.8. The van der Waals surface area contributed by atoms with E-state index >= 15 is 0 Å². The molecule has 0 aliphatic heterocycles. The third-order valence-electron chi connectivity index (χ3n) is 3.40. The molecular weight excluding hydrogens is 330 g/mol. The Bertz CT molecular complexity index is 785. The number of benzene rings is 2. The predicted octanol–water partition coefficient (Wildman–Crippen LogP) is 4.68. The van der Waals surface area contributed by atoms with E-state index in [9.17, 15) is 0 Å². The minimum Gasteiger partial charge on any atom is -0.497 e. The first-order valence-corrected chi connectivity index (χ1v) is 7.29. The van der Waals surface area contributed by atoms with Gasteiger partial charge in [0.05, 0.1) is 24.4 Å². The number of hydrogen-bond acceptors (Lipinski definition) is 3. The molecule has 2 aromatic carbocycles. The lowest BCUT2D eigenvalue weighted by Crippen LogP contribution is -1.89. The first-order valence-electron chi connectivity index (χ1n) is 6.49. The van der Waals surface area contributed by atoms with E-state index in [0.717, 1.165) is 38.0 Å². The Balaban J connectivity index is 2.12. The highest BCUT2D eigenvalue weighted by Crippen LogP contribution is 2.34. The lowest BCUT2D eigenvalue weighted by atomic mass is 10.1. The van der Waals surface area contributed by atoms with Crippen molar-refractivity contribution in [2.24, 2.45) is 0 Å². The van der Waals surface area contributed by atoms with Crippen LogP contribution in [0, 0.1) is 0 Å². The quantitative estimate of drug-likeness (QED) is 0.691. The van der Waals surface area contributed by atoms with Crippen LogP contribution in [0.5, 0.6) is 11.5 Å². The summed E-state index contributed by atoms with van der Waals surface area (Å²) in [5.41, 5.74) is 1.95. The fourth-order valence-corrected chi connectivity index (χ4v) is 2.94. The van der Waals surface area contributed by atoms with Crippen molar-refractivity contribution in [2.75, 3.05) is 14.2 Å². The highest BCUT2D eigenvalue weighted by atomic mass is 79.9. The van der Waals surface area contributed by atoms with Crippen molar-refractivity contribution in [3.63, 3.8) is 0 Å². The molecule has 1 aromatic heterocycles. The largest absolute Gasteiger partial charge is 0.497 e. The van der Waals surface area contributed by atoms with Crippen molar-refractivity contribution in [2.45, 2.75) is 0 Å². The lowest BCUT2D eigenvalue weighted by molar-refractivity contribution is 0.415. The molecule has 0 N–H and O–H groups in total. The standard InChI is InChI=1S/C17H14BrNO2/c1-20-13-5-3-11(4-6-13)17-16(18)15-8-7-14(21-2)9-12(15)10-19-17/h3-10H,1-2H3. The van der Waals surface area contributed by atoms with Gasteiger partial charge < -0.3 is 9.47 Å². The molecule has 0 aliphatic carbocycles. The predicted molar refractivity (Wildman–Crippen MR) is 88.0 cm³/mol. The average molecular weight is 344 g/mol. The Morgan fingerprint density at radius 1 is 0.905 bits per heavy atom. The topological polar surface area (TPSA) is 31.4 Å². The smallest absolute Gasteiger partial charge is 0.119 e. The van der Waals surface area contributed by atoms with E-state index in [0.29, 0.717) is 0 Å². The summed E-state index contributed by atoms with van der Waals surface area (Å²) in [7, 11) is 3.32. The molecule has 3 aromatic rings. The first-order chi connectivity index (χ1) is 10.2. The van der Waals surface area contributed by atoms with Crippen LogP contribution < -0.4 is 9.47 Å². The van der Waals surface area contributed by atoms with Gasteiger partial charge in [0.1, 0.15) is 11.5 Å². The lowest BCUT2D eigenvalue weighted by Gasteiger charge is -2.09. The normalized spacial score (nSPS) is 10.6. The summed E-state index contributed by atoms with van der Waals surface area (Å²) in [6.07, 6.45) is 1.86. The van der Waals surface area contributed by atoms with Crippen molar-refractivity contribution in [3.8, 4) is 22.8 Å². The Morgan fingerprint density at radius 2 is 1.57 bits per heavy atom. The third kappa shape index (κ3) is 2.59. The second-order valence-corrected chi connectivity index (χ2v) is 5.40. The summed E-state index contributed by atoms with van der Waals surface area (Å²) in [6, 6.07) is 13.8. The Morgan fingerprint density at radius 3 is 2.24 bits per heavy atom. The maximum absolute atomic E-state index is 5.25. The second kappa shape index (κ2) is 5.74. The molecule has 0 bridgehead atoms. The number of fused-ring (bicyclic) bond motifs is 1. The van der Waals surface area contributed by atoms with Gasteiger partial charge in [-0.25, -0.2) is 0 Å². The number of ether oxygens (including phenoxy) is 2. The second-order valence-electron chi connectivity index (χ2n) is 4.60. The van der Waals surface area contributed by atoms with Crippen LogP contribution >= 0.6 is 15.9 Å². The van der Waals surface area contributed by atoms with E-state index in [1.54, 1.807) is 14.2 Å². The van der Waals surface area contributed by atoms with Gasteiger partial charge in [-0.15, -0.1) is 0 Å². The van der Waals surface area contributed by atoms with Crippen LogP contribution in [0.1, 0.15) is 0 Å². The van der Waals surface area contributed by atoms with Crippen LogP contribution in [0.2, 0.25) is 0 Å². The molecule has 21 heavy (non-hydrogen) atoms. The van der Waals surface area contributed by atoms with Gasteiger partial charge in [0, 0.05) is 17.1 Å². The number of rotatable bonds is 3. The van der Waals surface area contributed by atoms with E-state index in [1.165, 1.54) is 0 Å². The first kappa shape index (κ1) is 13.9. The van der Waals surface area contributed by atoms with Gasteiger partial charge in [-0.1, -0.05) is 0 Å². The molecule has 106 valence electrons. The number of halogens is 1. The van der Waals surface area contributed by atoms with Crippen molar-refractivity contribution >= 4 is 26.7 Å². The molecule has 0 saturated carbocycles. The zero-order valence-corrected chi connectivity index (χ0v) is 13.3. The van der Waals surface area contributed by atoms with Crippen LogP contribution in [0.3, 0.4) is 0 Å². The number of aromatic nitrogens is 1. The van der Waals surface area contributed by atoms with Crippen molar-refractivity contribution in [1.29, 1.82) is 0 Å². The SMILES string of the molecule is COc1ccc(-c2ncc3cc(OC)ccc3c2Br)cc1. The van der Waals surface area contributed by atoms with Crippen LogP contribution in [0.25, 0.3) is 22.0 Å². The molecule has 3 rings (SSSR count). The fraction of sp³-hybridized carbons (Fsp3) is 0.118. The Hall–Kier alpha value is -2.07. The van der Waals surface area contributed by atoms with Gasteiger partial charge >= 0.3 is 0 Å². The molecule has 1 heterocycles. The van der Waals surface area contributed by atoms with E-state index < -0.39 is 0 Å². The maximum atomic E-state index is 5.25. The van der Waals surface area contributed by atoms with Crippen molar-refractivity contribution < 1.29 is 9.47 Å². The summed E-state index contributed by atoms with van der Waals surface area (Å²) in [6.45, 7) is 0. The average Bonchev–Trinajstić information content (AvgIpc) is 2.55. The van der Waals surface area contributed by atoms with Gasteiger partial charge in [-0.05, 0) is 63.8 Å². The van der Waals surface area contributed by atoms with Crippen molar-refractivity contribution in [1.82, 2.24) is 4.98 Å². The van der Waals surface area contributed by atoms with E-state index in [4.69, 9.17) is 9.47 Å². The van der Waals surface area contributed by atoms with Gasteiger partial charge in [-0.3, -0.25) is 4.98 Å².